The molecule has 1 fully saturated rings. The molecule has 0 unspecified atom stereocenters. The summed E-state index contributed by atoms with van der Waals surface area (Å²) in [6.07, 6.45) is 4.69. The molecule has 2 N–H and O–H groups in total. The molecule has 2 aromatic heterocycles. The Hall–Kier alpha value is -2.72. The Morgan fingerprint density at radius 3 is 2.73 bits per heavy atom. The summed E-state index contributed by atoms with van der Waals surface area (Å²) in [6, 6.07) is 3.62. The number of nitrogens with one attached hydrogen (secondary N) is 2. The van der Waals surface area contributed by atoms with Crippen molar-refractivity contribution in [3.63, 3.8) is 0 Å². The number of halogens is 1. The highest BCUT2D eigenvalue weighted by Gasteiger charge is 2.21. The van der Waals surface area contributed by atoms with E-state index < -0.39 is 0 Å². The first kappa shape index (κ1) is 22.1. The Bertz CT molecular complexity index is 1250. The topological polar surface area (TPSA) is 109 Å². The van der Waals surface area contributed by atoms with Crippen molar-refractivity contribution in [1.82, 2.24) is 24.4 Å². The van der Waals surface area contributed by atoms with Gasteiger partial charge in [0.1, 0.15) is 18.7 Å². The van der Waals surface area contributed by atoms with Crippen molar-refractivity contribution in [2.75, 3.05) is 26.3 Å². The van der Waals surface area contributed by atoms with Gasteiger partial charge in [0.2, 0.25) is 5.91 Å². The molecule has 0 aliphatic carbocycles. The van der Waals surface area contributed by atoms with Crippen LogP contribution in [0.1, 0.15) is 26.2 Å². The first-order valence-corrected chi connectivity index (χ1v) is 12.2. The molecule has 1 saturated heterocycles. The standard InChI is InChI=1S/C22H25ClN6O3S/c1-13(30)28-5-2-14(3-6-28)4-7-29-12-25-20(24)19-21(29)27-22(26-19)33-18-11-17-16(10-15(18)23)31-8-9-32-17/h10-12,14,24H,2-9H2,1H3,(H,26,27). The molecular weight excluding hydrogens is 464 g/mol. The van der Waals surface area contributed by atoms with Crippen LogP contribution in [0, 0.1) is 11.3 Å². The van der Waals surface area contributed by atoms with Crippen LogP contribution in [0.5, 0.6) is 11.5 Å². The van der Waals surface area contributed by atoms with Gasteiger partial charge in [-0.25, -0.2) is 9.97 Å². The molecule has 1 aromatic carbocycles. The molecule has 33 heavy (non-hydrogen) atoms. The third kappa shape index (κ3) is 4.67. The van der Waals surface area contributed by atoms with E-state index in [-0.39, 0.29) is 11.4 Å². The second-order valence-electron chi connectivity index (χ2n) is 8.29. The molecule has 2 aliphatic rings. The van der Waals surface area contributed by atoms with E-state index in [0.29, 0.717) is 52.0 Å². The average molecular weight is 489 g/mol. The Balaban J connectivity index is 1.33. The van der Waals surface area contributed by atoms with Gasteiger partial charge < -0.3 is 23.9 Å². The third-order valence-electron chi connectivity index (χ3n) is 6.14. The number of H-pyrrole nitrogens is 1. The van der Waals surface area contributed by atoms with E-state index >= 15 is 0 Å². The number of aromatic amines is 1. The fourth-order valence-corrected chi connectivity index (χ4v) is 5.35. The Morgan fingerprint density at radius 2 is 2.00 bits per heavy atom. The summed E-state index contributed by atoms with van der Waals surface area (Å²) in [6.45, 7) is 5.05. The number of hydrogen-bond acceptors (Lipinski definition) is 7. The fraction of sp³-hybridized carbons (Fsp3) is 0.455. The second-order valence-corrected chi connectivity index (χ2v) is 9.73. The minimum atomic E-state index is 0.152. The van der Waals surface area contributed by atoms with Crippen molar-refractivity contribution in [2.45, 2.75) is 42.8 Å². The highest BCUT2D eigenvalue weighted by Crippen LogP contribution is 2.41. The average Bonchev–Trinajstić information content (AvgIpc) is 3.24. The molecule has 0 saturated carbocycles. The van der Waals surface area contributed by atoms with Gasteiger partial charge >= 0.3 is 0 Å². The van der Waals surface area contributed by atoms with Gasteiger partial charge in [-0.3, -0.25) is 10.2 Å². The molecule has 11 heteroatoms. The largest absolute Gasteiger partial charge is 0.486 e. The van der Waals surface area contributed by atoms with Crippen LogP contribution in [0.15, 0.2) is 28.5 Å². The van der Waals surface area contributed by atoms with Gasteiger partial charge in [-0.1, -0.05) is 23.4 Å². The van der Waals surface area contributed by atoms with Gasteiger partial charge in [0, 0.05) is 37.5 Å². The minimum Gasteiger partial charge on any atom is -0.486 e. The number of carbonyl (C=O) groups is 1. The predicted octanol–water partition coefficient (Wildman–Crippen LogP) is 3.46. The quantitative estimate of drug-likeness (QED) is 0.569. The van der Waals surface area contributed by atoms with Crippen molar-refractivity contribution in [2.24, 2.45) is 5.92 Å². The maximum atomic E-state index is 11.5. The number of piperidine rings is 1. The number of likely N-dealkylation sites (tertiary alicyclic amines) is 1. The normalized spacial score (nSPS) is 16.4. The van der Waals surface area contributed by atoms with Crippen LogP contribution in [0.2, 0.25) is 5.02 Å². The number of aromatic nitrogens is 4. The van der Waals surface area contributed by atoms with Gasteiger partial charge in [-0.15, -0.1) is 0 Å². The number of hydrogen-bond donors (Lipinski definition) is 2. The second kappa shape index (κ2) is 9.26. The summed E-state index contributed by atoms with van der Waals surface area (Å²) < 4.78 is 13.3. The zero-order valence-corrected chi connectivity index (χ0v) is 19.8. The van der Waals surface area contributed by atoms with E-state index in [2.05, 4.69) is 9.97 Å². The summed E-state index contributed by atoms with van der Waals surface area (Å²) >= 11 is 7.84. The van der Waals surface area contributed by atoms with Crippen molar-refractivity contribution >= 4 is 40.4 Å². The summed E-state index contributed by atoms with van der Waals surface area (Å²) in [4.78, 5) is 26.5. The van der Waals surface area contributed by atoms with E-state index in [1.54, 1.807) is 19.3 Å². The summed E-state index contributed by atoms with van der Waals surface area (Å²) in [5, 5.41) is 9.39. The molecule has 0 spiro atoms. The lowest BCUT2D eigenvalue weighted by molar-refractivity contribution is -0.130. The molecule has 9 nitrogen and oxygen atoms in total. The Morgan fingerprint density at radius 1 is 1.27 bits per heavy atom. The number of rotatable bonds is 5. The van der Waals surface area contributed by atoms with Crippen molar-refractivity contribution in [1.29, 1.82) is 5.41 Å². The van der Waals surface area contributed by atoms with Gasteiger partial charge in [-0.2, -0.15) is 0 Å². The van der Waals surface area contributed by atoms with Crippen LogP contribution in [0.25, 0.3) is 11.2 Å². The molecule has 0 radical (unpaired) electrons. The summed E-state index contributed by atoms with van der Waals surface area (Å²) in [5.74, 6) is 2.02. The Labute approximate surface area is 200 Å². The van der Waals surface area contributed by atoms with E-state index in [1.807, 2.05) is 15.5 Å². The number of fused-ring (bicyclic) bond motifs is 2. The zero-order chi connectivity index (χ0) is 22.9. The molecule has 0 bridgehead atoms. The molecule has 174 valence electrons. The van der Waals surface area contributed by atoms with Crippen molar-refractivity contribution < 1.29 is 14.3 Å². The van der Waals surface area contributed by atoms with E-state index in [4.69, 9.17) is 31.5 Å². The van der Waals surface area contributed by atoms with Crippen molar-refractivity contribution in [3.05, 3.63) is 29.0 Å². The Kier molecular flexibility index (Phi) is 6.20. The maximum absolute atomic E-state index is 11.5. The van der Waals surface area contributed by atoms with E-state index in [9.17, 15) is 4.79 Å². The van der Waals surface area contributed by atoms with Gasteiger partial charge in [0.25, 0.3) is 0 Å². The molecule has 1 amide bonds. The number of imidazole rings is 1. The summed E-state index contributed by atoms with van der Waals surface area (Å²) in [5.41, 5.74) is 1.45. The molecule has 0 atom stereocenters. The molecule has 5 rings (SSSR count). The van der Waals surface area contributed by atoms with Crippen LogP contribution in [-0.4, -0.2) is 56.6 Å². The number of benzene rings is 1. The lowest BCUT2D eigenvalue weighted by Crippen LogP contribution is -2.37. The fourth-order valence-electron chi connectivity index (χ4n) is 4.26. The highest BCUT2D eigenvalue weighted by molar-refractivity contribution is 7.99. The third-order valence-corrected chi connectivity index (χ3v) is 7.51. The number of ether oxygens (including phenoxy) is 2. The lowest BCUT2D eigenvalue weighted by atomic mass is 9.93. The predicted molar refractivity (Wildman–Crippen MR) is 124 cm³/mol. The number of nitrogens with zero attached hydrogens (tertiary/aromatic N) is 4. The summed E-state index contributed by atoms with van der Waals surface area (Å²) in [7, 11) is 0. The van der Waals surface area contributed by atoms with Crippen LogP contribution >= 0.6 is 23.4 Å². The number of aryl methyl sites for hydroxylation is 1. The van der Waals surface area contributed by atoms with E-state index in [1.165, 1.54) is 11.8 Å². The number of carbonyl (C=O) groups excluding carboxylic acids is 1. The lowest BCUT2D eigenvalue weighted by Gasteiger charge is -2.31. The van der Waals surface area contributed by atoms with Crippen molar-refractivity contribution in [3.8, 4) is 11.5 Å². The van der Waals surface area contributed by atoms with Crippen LogP contribution in [0.4, 0.5) is 0 Å². The van der Waals surface area contributed by atoms with E-state index in [0.717, 1.165) is 43.8 Å². The molecule has 4 heterocycles. The molecule has 3 aromatic rings. The number of amides is 1. The van der Waals surface area contributed by atoms with Gasteiger partial charge in [0.15, 0.2) is 27.8 Å². The van der Waals surface area contributed by atoms with Gasteiger partial charge in [-0.05, 0) is 31.2 Å². The minimum absolute atomic E-state index is 0.152. The smallest absolute Gasteiger partial charge is 0.219 e. The SMILES string of the molecule is CC(=O)N1CCC(CCn2cnc(=N)c3[nH]c(Sc4cc5c(cc4Cl)OCCO5)nc32)CC1. The molecule has 2 aliphatic heterocycles. The van der Waals surface area contributed by atoms with Crippen LogP contribution in [0.3, 0.4) is 0 Å². The highest BCUT2D eigenvalue weighted by atomic mass is 35.5. The molecular formula is C22H25ClN6O3S. The maximum Gasteiger partial charge on any atom is 0.219 e. The first-order valence-electron chi connectivity index (χ1n) is 11.0. The first-order chi connectivity index (χ1) is 16.0. The van der Waals surface area contributed by atoms with Crippen LogP contribution < -0.4 is 15.0 Å². The van der Waals surface area contributed by atoms with Crippen LogP contribution in [-0.2, 0) is 11.3 Å². The monoisotopic (exact) mass is 488 g/mol. The zero-order valence-electron chi connectivity index (χ0n) is 18.3. The van der Waals surface area contributed by atoms with Gasteiger partial charge in [0.05, 0.1) is 11.3 Å².